The summed E-state index contributed by atoms with van der Waals surface area (Å²) in [6.45, 7) is 15.0. The number of piperazine rings is 1. The molecule has 0 saturated carbocycles. The van der Waals surface area contributed by atoms with Crippen LogP contribution in [-0.4, -0.2) is 58.9 Å². The largest absolute Gasteiger partial charge is 0.438 e. The van der Waals surface area contributed by atoms with E-state index in [1.54, 1.807) is 24.1 Å². The number of rotatable bonds is 11. The van der Waals surface area contributed by atoms with Crippen molar-refractivity contribution < 1.29 is 4.74 Å². The Morgan fingerprint density at radius 2 is 2.05 bits per heavy atom. The maximum absolute atomic E-state index is 9.56. The highest BCUT2D eigenvalue weighted by Crippen LogP contribution is 2.32. The number of hydrogen-bond donors (Lipinski definition) is 1. The van der Waals surface area contributed by atoms with Gasteiger partial charge < -0.3 is 15.4 Å². The van der Waals surface area contributed by atoms with Gasteiger partial charge in [-0.1, -0.05) is 38.4 Å². The molecular formula is C29H38N6OS. The lowest BCUT2D eigenvalue weighted by molar-refractivity contribution is 0.246. The molecule has 0 bridgehead atoms. The van der Waals surface area contributed by atoms with Crippen LogP contribution in [0, 0.1) is 17.2 Å². The van der Waals surface area contributed by atoms with Crippen LogP contribution in [0.2, 0.25) is 0 Å². The van der Waals surface area contributed by atoms with E-state index in [-0.39, 0.29) is 0 Å². The molecule has 1 aromatic carbocycles. The van der Waals surface area contributed by atoms with Gasteiger partial charge in [-0.25, -0.2) is 9.30 Å². The van der Waals surface area contributed by atoms with Crippen LogP contribution in [0.25, 0.3) is 11.3 Å². The van der Waals surface area contributed by atoms with Crippen molar-refractivity contribution in [3.05, 3.63) is 71.9 Å². The number of nitrogens with zero attached hydrogens (tertiary/aromatic N) is 5. The molecule has 7 nitrogen and oxygen atoms in total. The fourth-order valence-electron chi connectivity index (χ4n) is 3.95. The smallest absolute Gasteiger partial charge is 0.221 e. The summed E-state index contributed by atoms with van der Waals surface area (Å²) in [4.78, 5) is 11.8. The van der Waals surface area contributed by atoms with Gasteiger partial charge in [0.2, 0.25) is 5.88 Å². The van der Waals surface area contributed by atoms with E-state index in [2.05, 4.69) is 46.9 Å². The Balaban J connectivity index is 1.98. The van der Waals surface area contributed by atoms with E-state index in [4.69, 9.17) is 15.5 Å². The third kappa shape index (κ3) is 7.93. The van der Waals surface area contributed by atoms with E-state index in [1.165, 1.54) is 0 Å². The zero-order valence-electron chi connectivity index (χ0n) is 22.4. The van der Waals surface area contributed by atoms with Crippen LogP contribution >= 0.6 is 11.9 Å². The maximum Gasteiger partial charge on any atom is 0.221 e. The highest BCUT2D eigenvalue weighted by molar-refractivity contribution is 7.96. The Labute approximate surface area is 225 Å². The first kappa shape index (κ1) is 28.5. The van der Waals surface area contributed by atoms with Crippen LogP contribution in [0.5, 0.6) is 5.75 Å². The fraction of sp³-hybridized carbons (Fsp3) is 0.414. The highest BCUT2D eigenvalue weighted by Gasteiger charge is 2.18. The molecule has 37 heavy (non-hydrogen) atoms. The van der Waals surface area contributed by atoms with Crippen molar-refractivity contribution >= 4 is 17.7 Å². The summed E-state index contributed by atoms with van der Waals surface area (Å²) in [5.41, 5.74) is 10.7. The van der Waals surface area contributed by atoms with Crippen molar-refractivity contribution in [2.75, 3.05) is 39.0 Å². The Morgan fingerprint density at radius 3 is 2.65 bits per heavy atom. The number of nitriles is 1. The highest BCUT2D eigenvalue weighted by atomic mass is 32.2. The molecule has 2 N–H and O–H groups in total. The zero-order valence-corrected chi connectivity index (χ0v) is 23.2. The molecule has 1 atom stereocenters. The van der Waals surface area contributed by atoms with Gasteiger partial charge in [0.25, 0.3) is 0 Å². The number of benzene rings is 1. The van der Waals surface area contributed by atoms with E-state index >= 15 is 0 Å². The van der Waals surface area contributed by atoms with E-state index in [0.717, 1.165) is 67.3 Å². The fourth-order valence-corrected chi connectivity index (χ4v) is 4.48. The molecule has 1 fully saturated rings. The third-order valence-electron chi connectivity index (χ3n) is 6.66. The standard InChI is InChI=1S/C29H38N6OS/c1-6-21(2)23(4)33-29(17-22(3)34-13-15-35(37-5)16-14-34)36-28-18-25(19-31)7-9-26(28)27-10-8-24(11-12-30)20-32-27/h7-10,17-18,20-21H,3,6,11-16,30H2,1-2,4-5H3/b29-17+,33-23?. The van der Waals surface area contributed by atoms with Gasteiger partial charge in [0, 0.05) is 55.4 Å². The molecule has 0 spiro atoms. The van der Waals surface area contributed by atoms with Crippen molar-refractivity contribution in [3.8, 4) is 23.1 Å². The first-order valence-corrected chi connectivity index (χ1v) is 13.9. The monoisotopic (exact) mass is 518 g/mol. The Kier molecular flexibility index (Phi) is 10.8. The van der Waals surface area contributed by atoms with Crippen molar-refractivity contribution in [2.45, 2.75) is 33.6 Å². The van der Waals surface area contributed by atoms with Gasteiger partial charge in [-0.15, -0.1) is 0 Å². The minimum atomic E-state index is 0.312. The molecule has 1 aliphatic rings. The quantitative estimate of drug-likeness (QED) is 0.188. The second kappa shape index (κ2) is 14.0. The number of pyridine rings is 1. The number of nitrogens with two attached hydrogens (primary N) is 1. The van der Waals surface area contributed by atoms with Crippen molar-refractivity contribution in [1.82, 2.24) is 14.2 Å². The summed E-state index contributed by atoms with van der Waals surface area (Å²) in [5.74, 6) is 1.29. The number of ether oxygens (including phenoxy) is 1. The minimum absolute atomic E-state index is 0.312. The van der Waals surface area contributed by atoms with Crippen molar-refractivity contribution in [1.29, 1.82) is 5.26 Å². The number of aromatic nitrogens is 1. The van der Waals surface area contributed by atoms with E-state index in [9.17, 15) is 5.26 Å². The molecule has 1 unspecified atom stereocenters. The molecule has 2 heterocycles. The maximum atomic E-state index is 9.56. The Hall–Kier alpha value is -3.12. The molecular weight excluding hydrogens is 480 g/mol. The molecule has 3 rings (SSSR count). The Bertz CT molecular complexity index is 1160. The van der Waals surface area contributed by atoms with E-state index < -0.39 is 0 Å². The molecule has 0 radical (unpaired) electrons. The lowest BCUT2D eigenvalue weighted by atomic mass is 10.0. The normalized spacial score (nSPS) is 15.8. The van der Waals surface area contributed by atoms with Gasteiger partial charge in [0.05, 0.1) is 17.3 Å². The van der Waals surface area contributed by atoms with Gasteiger partial charge >= 0.3 is 0 Å². The van der Waals surface area contributed by atoms with Crippen LogP contribution in [0.4, 0.5) is 0 Å². The second-order valence-corrected chi connectivity index (χ2v) is 10.0. The predicted molar refractivity (Wildman–Crippen MR) is 154 cm³/mol. The lowest BCUT2D eigenvalue weighted by Gasteiger charge is -2.35. The van der Waals surface area contributed by atoms with Gasteiger partial charge in [-0.3, -0.25) is 4.98 Å². The summed E-state index contributed by atoms with van der Waals surface area (Å²) >= 11 is 1.77. The third-order valence-corrected chi connectivity index (χ3v) is 7.55. The predicted octanol–water partition coefficient (Wildman–Crippen LogP) is 5.26. The molecule has 0 aliphatic carbocycles. The summed E-state index contributed by atoms with van der Waals surface area (Å²) in [6.07, 6.45) is 7.60. The van der Waals surface area contributed by atoms with Gasteiger partial charge in [0.1, 0.15) is 5.75 Å². The second-order valence-electron chi connectivity index (χ2n) is 9.15. The van der Waals surface area contributed by atoms with Gasteiger partial charge in [-0.05, 0) is 68.3 Å². The summed E-state index contributed by atoms with van der Waals surface area (Å²) in [7, 11) is 0. The number of allylic oxidation sites excluding steroid dienone is 1. The summed E-state index contributed by atoms with van der Waals surface area (Å²) in [6, 6.07) is 11.6. The summed E-state index contributed by atoms with van der Waals surface area (Å²) in [5, 5.41) is 9.56. The first-order chi connectivity index (χ1) is 17.9. The van der Waals surface area contributed by atoms with Crippen LogP contribution in [0.1, 0.15) is 38.3 Å². The molecule has 2 aromatic rings. The molecule has 0 amide bonds. The summed E-state index contributed by atoms with van der Waals surface area (Å²) < 4.78 is 8.80. The van der Waals surface area contributed by atoms with Gasteiger partial charge in [-0.2, -0.15) is 5.26 Å². The number of hydrogen-bond acceptors (Lipinski definition) is 8. The SMILES string of the molecule is C=C(/C=C(\N=C(C)C(C)CC)Oc1cc(C#N)ccc1-c1ccc(CCN)cn1)N1CCN(SC)CC1. The average Bonchev–Trinajstić information content (AvgIpc) is 2.93. The van der Waals surface area contributed by atoms with Crippen LogP contribution in [0.3, 0.4) is 0 Å². The zero-order chi connectivity index (χ0) is 26.8. The van der Waals surface area contributed by atoms with E-state index in [1.807, 2.05) is 37.4 Å². The van der Waals surface area contributed by atoms with Crippen LogP contribution in [0.15, 0.2) is 65.8 Å². The molecule has 8 heteroatoms. The van der Waals surface area contributed by atoms with Crippen LogP contribution < -0.4 is 10.5 Å². The van der Waals surface area contributed by atoms with Gasteiger partial charge in [0.15, 0.2) is 0 Å². The lowest BCUT2D eigenvalue weighted by Crippen LogP contribution is -2.42. The Morgan fingerprint density at radius 1 is 1.30 bits per heavy atom. The van der Waals surface area contributed by atoms with Crippen LogP contribution in [-0.2, 0) is 6.42 Å². The minimum Gasteiger partial charge on any atom is -0.438 e. The topological polar surface area (TPSA) is 90.8 Å². The average molecular weight is 519 g/mol. The molecule has 196 valence electrons. The van der Waals surface area contributed by atoms with E-state index in [0.29, 0.717) is 29.7 Å². The number of aliphatic imine (C=N–C) groups is 1. The molecule has 1 saturated heterocycles. The van der Waals surface area contributed by atoms with Crippen molar-refractivity contribution in [2.24, 2.45) is 16.6 Å². The van der Waals surface area contributed by atoms with Crippen molar-refractivity contribution in [3.63, 3.8) is 0 Å². The molecule has 1 aliphatic heterocycles. The molecule has 1 aromatic heterocycles. The first-order valence-electron chi connectivity index (χ1n) is 12.8.